The van der Waals surface area contributed by atoms with E-state index in [2.05, 4.69) is 10.2 Å². The van der Waals surface area contributed by atoms with E-state index in [0.29, 0.717) is 18.6 Å². The Morgan fingerprint density at radius 3 is 2.65 bits per heavy atom. The van der Waals surface area contributed by atoms with E-state index in [4.69, 9.17) is 0 Å². The fourth-order valence-corrected chi connectivity index (χ4v) is 2.37. The average Bonchev–Trinajstić information content (AvgIpc) is 2.28. The highest BCUT2D eigenvalue weighted by molar-refractivity contribution is 7.99. The standard InChI is InChI=1S/C10H18N2O4S/c1-2-17-7-10(13)11-8-3-5-9(6-4-8)16-12(14)15/h8-9H,2-7H2,1H3,(H,11,13). The molecule has 1 N–H and O–H groups in total. The Labute approximate surface area is 105 Å². The molecule has 0 aromatic heterocycles. The molecule has 17 heavy (non-hydrogen) atoms. The van der Waals surface area contributed by atoms with E-state index in [-0.39, 0.29) is 18.1 Å². The number of hydrogen-bond acceptors (Lipinski definition) is 5. The van der Waals surface area contributed by atoms with Gasteiger partial charge in [0.25, 0.3) is 5.09 Å². The van der Waals surface area contributed by atoms with Crippen LogP contribution in [0.15, 0.2) is 0 Å². The van der Waals surface area contributed by atoms with Crippen molar-refractivity contribution in [2.75, 3.05) is 11.5 Å². The maximum absolute atomic E-state index is 11.5. The largest absolute Gasteiger partial charge is 0.353 e. The molecule has 1 saturated carbocycles. The summed E-state index contributed by atoms with van der Waals surface area (Å²) >= 11 is 1.59. The van der Waals surface area contributed by atoms with Gasteiger partial charge in [-0.25, -0.2) is 0 Å². The van der Waals surface area contributed by atoms with Gasteiger partial charge >= 0.3 is 0 Å². The minimum absolute atomic E-state index is 0.0514. The fraction of sp³-hybridized carbons (Fsp3) is 0.900. The number of carbonyl (C=O) groups excluding carboxylic acids is 1. The molecule has 7 heteroatoms. The molecular weight excluding hydrogens is 244 g/mol. The summed E-state index contributed by atoms with van der Waals surface area (Å²) in [5.41, 5.74) is 0. The Hall–Kier alpha value is -0.980. The van der Waals surface area contributed by atoms with Crippen molar-refractivity contribution in [2.24, 2.45) is 0 Å². The summed E-state index contributed by atoms with van der Waals surface area (Å²) in [6.45, 7) is 2.01. The first kappa shape index (κ1) is 14.1. The molecule has 0 radical (unpaired) electrons. The SMILES string of the molecule is CCSCC(=O)NC1CCC(O[N+](=O)[O-])CC1. The molecule has 0 atom stereocenters. The highest BCUT2D eigenvalue weighted by Gasteiger charge is 2.24. The minimum atomic E-state index is -0.735. The van der Waals surface area contributed by atoms with Crippen molar-refractivity contribution < 1.29 is 14.7 Å². The molecule has 1 amide bonds. The number of amides is 1. The maximum atomic E-state index is 11.5. The molecule has 0 unspecified atom stereocenters. The molecule has 1 fully saturated rings. The Balaban J connectivity index is 2.18. The van der Waals surface area contributed by atoms with E-state index in [1.807, 2.05) is 6.92 Å². The predicted octanol–water partition coefficient (Wildman–Crippen LogP) is 1.38. The molecule has 0 heterocycles. The molecule has 0 aromatic rings. The predicted molar refractivity (Wildman–Crippen MR) is 65.3 cm³/mol. The van der Waals surface area contributed by atoms with Crippen LogP contribution >= 0.6 is 11.8 Å². The Bertz CT molecular complexity index is 267. The van der Waals surface area contributed by atoms with Crippen molar-refractivity contribution in [1.82, 2.24) is 5.32 Å². The van der Waals surface area contributed by atoms with Gasteiger partial charge in [0, 0.05) is 6.04 Å². The van der Waals surface area contributed by atoms with E-state index < -0.39 is 5.09 Å². The zero-order valence-corrected chi connectivity index (χ0v) is 10.7. The van der Waals surface area contributed by atoms with Crippen LogP contribution in [0.5, 0.6) is 0 Å². The Morgan fingerprint density at radius 2 is 2.12 bits per heavy atom. The molecule has 6 nitrogen and oxygen atoms in total. The first-order chi connectivity index (χ1) is 8.11. The molecule has 1 aliphatic carbocycles. The van der Waals surface area contributed by atoms with Crippen molar-refractivity contribution in [2.45, 2.75) is 44.8 Å². The van der Waals surface area contributed by atoms with E-state index in [1.165, 1.54) is 0 Å². The lowest BCUT2D eigenvalue weighted by Gasteiger charge is -2.27. The highest BCUT2D eigenvalue weighted by Crippen LogP contribution is 2.21. The van der Waals surface area contributed by atoms with Gasteiger partial charge in [0.2, 0.25) is 5.91 Å². The smallest absolute Gasteiger partial charge is 0.294 e. The van der Waals surface area contributed by atoms with E-state index in [9.17, 15) is 14.9 Å². The second-order valence-electron chi connectivity index (χ2n) is 4.01. The topological polar surface area (TPSA) is 81.5 Å². The van der Waals surface area contributed by atoms with Gasteiger partial charge in [-0.15, -0.1) is 10.1 Å². The zero-order chi connectivity index (χ0) is 12.7. The van der Waals surface area contributed by atoms with Gasteiger partial charge in [0.1, 0.15) is 6.10 Å². The zero-order valence-electron chi connectivity index (χ0n) is 9.89. The maximum Gasteiger partial charge on any atom is 0.294 e. The van der Waals surface area contributed by atoms with Gasteiger partial charge in [-0.2, -0.15) is 11.8 Å². The lowest BCUT2D eigenvalue weighted by atomic mass is 9.93. The van der Waals surface area contributed by atoms with Crippen LogP contribution in [0.25, 0.3) is 0 Å². The molecule has 0 spiro atoms. The van der Waals surface area contributed by atoms with Gasteiger partial charge in [-0.3, -0.25) is 4.79 Å². The van der Waals surface area contributed by atoms with Crippen LogP contribution in [0.3, 0.4) is 0 Å². The number of carbonyl (C=O) groups is 1. The molecule has 0 aliphatic heterocycles. The first-order valence-corrected chi connectivity index (χ1v) is 6.95. The molecule has 1 rings (SSSR count). The third kappa shape index (κ3) is 5.76. The highest BCUT2D eigenvalue weighted by atomic mass is 32.2. The molecule has 0 bridgehead atoms. The van der Waals surface area contributed by atoms with Gasteiger partial charge in [-0.05, 0) is 31.4 Å². The van der Waals surface area contributed by atoms with Crippen molar-refractivity contribution in [1.29, 1.82) is 0 Å². The summed E-state index contributed by atoms with van der Waals surface area (Å²) < 4.78 is 0. The second kappa shape index (κ2) is 7.37. The lowest BCUT2D eigenvalue weighted by Crippen LogP contribution is -2.40. The van der Waals surface area contributed by atoms with Crippen molar-refractivity contribution in [3.63, 3.8) is 0 Å². The van der Waals surface area contributed by atoms with E-state index in [1.54, 1.807) is 11.8 Å². The summed E-state index contributed by atoms with van der Waals surface area (Å²) in [5, 5.41) is 12.4. The molecule has 0 saturated heterocycles. The summed E-state index contributed by atoms with van der Waals surface area (Å²) in [6.07, 6.45) is 2.46. The van der Waals surface area contributed by atoms with Crippen molar-refractivity contribution in [3.05, 3.63) is 10.1 Å². The second-order valence-corrected chi connectivity index (χ2v) is 5.28. The van der Waals surface area contributed by atoms with Crippen LogP contribution in [-0.2, 0) is 9.63 Å². The summed E-state index contributed by atoms with van der Waals surface area (Å²) in [5.74, 6) is 1.47. The van der Waals surface area contributed by atoms with Gasteiger partial charge in [-0.1, -0.05) is 6.92 Å². The molecule has 98 valence electrons. The fourth-order valence-electron chi connectivity index (χ4n) is 1.90. The first-order valence-electron chi connectivity index (χ1n) is 5.80. The molecule has 1 aliphatic rings. The number of thioether (sulfide) groups is 1. The molecular formula is C10H18N2O4S. The summed E-state index contributed by atoms with van der Waals surface area (Å²) in [4.78, 5) is 26.1. The van der Waals surface area contributed by atoms with Crippen LogP contribution in [0.2, 0.25) is 0 Å². The van der Waals surface area contributed by atoms with Crippen LogP contribution in [0.1, 0.15) is 32.6 Å². The van der Waals surface area contributed by atoms with Crippen LogP contribution in [-0.4, -0.2) is 34.6 Å². The number of nitrogens with one attached hydrogen (secondary N) is 1. The quantitative estimate of drug-likeness (QED) is 0.577. The van der Waals surface area contributed by atoms with Gasteiger partial charge in [0.15, 0.2) is 0 Å². The third-order valence-electron chi connectivity index (χ3n) is 2.71. The van der Waals surface area contributed by atoms with Crippen LogP contribution < -0.4 is 5.32 Å². The Morgan fingerprint density at radius 1 is 1.47 bits per heavy atom. The average molecular weight is 262 g/mol. The molecule has 0 aromatic carbocycles. The number of rotatable bonds is 6. The van der Waals surface area contributed by atoms with E-state index in [0.717, 1.165) is 18.6 Å². The van der Waals surface area contributed by atoms with Crippen LogP contribution in [0, 0.1) is 10.1 Å². The lowest BCUT2D eigenvalue weighted by molar-refractivity contribution is -0.769. The Kier molecular flexibility index (Phi) is 6.10. The minimum Gasteiger partial charge on any atom is -0.353 e. The van der Waals surface area contributed by atoms with Crippen molar-refractivity contribution >= 4 is 17.7 Å². The normalized spacial score (nSPS) is 24.1. The summed E-state index contributed by atoms with van der Waals surface area (Å²) in [7, 11) is 0. The van der Waals surface area contributed by atoms with E-state index >= 15 is 0 Å². The van der Waals surface area contributed by atoms with Crippen molar-refractivity contribution in [3.8, 4) is 0 Å². The third-order valence-corrected chi connectivity index (χ3v) is 3.59. The number of hydrogen-bond donors (Lipinski definition) is 1. The number of nitrogens with zero attached hydrogens (tertiary/aromatic N) is 1. The van der Waals surface area contributed by atoms with Gasteiger partial charge < -0.3 is 10.2 Å². The monoisotopic (exact) mass is 262 g/mol. The summed E-state index contributed by atoms with van der Waals surface area (Å²) in [6, 6.07) is 0.145. The van der Waals surface area contributed by atoms with Crippen LogP contribution in [0.4, 0.5) is 0 Å². The van der Waals surface area contributed by atoms with Gasteiger partial charge in [0.05, 0.1) is 5.75 Å².